The Labute approximate surface area is 248 Å². The first-order valence-corrected chi connectivity index (χ1v) is 14.4. The minimum atomic E-state index is 0.798. The van der Waals surface area contributed by atoms with Gasteiger partial charge in [-0.15, -0.1) is 0 Å². The number of aromatic nitrogens is 2. The summed E-state index contributed by atoms with van der Waals surface area (Å²) in [5, 5.41) is 8.69. The highest BCUT2D eigenvalue weighted by Gasteiger charge is 2.15. The number of anilines is 3. The Kier molecular flexibility index (Phi) is 7.02. The van der Waals surface area contributed by atoms with Crippen LogP contribution < -0.4 is 4.90 Å². The van der Waals surface area contributed by atoms with Crippen molar-refractivity contribution in [1.82, 2.24) is 8.75 Å². The molecule has 0 aliphatic carbocycles. The van der Waals surface area contributed by atoms with Crippen molar-refractivity contribution in [2.45, 2.75) is 0 Å². The lowest BCUT2D eigenvalue weighted by molar-refractivity contribution is 1.23. The predicted molar refractivity (Wildman–Crippen MR) is 174 cm³/mol. The molecule has 7 aromatic rings. The Morgan fingerprint density at radius 1 is 0.405 bits per heavy atom. The van der Waals surface area contributed by atoms with Crippen molar-refractivity contribution in [1.29, 1.82) is 0 Å². The van der Waals surface area contributed by atoms with Crippen LogP contribution in [0.5, 0.6) is 0 Å². The zero-order valence-electron chi connectivity index (χ0n) is 22.6. The lowest BCUT2D eigenvalue weighted by atomic mass is 9.97. The molecule has 1 aromatic heterocycles. The highest BCUT2D eigenvalue weighted by molar-refractivity contribution is 7.00. The molecule has 0 amide bonds. The molecule has 200 valence electrons. The second kappa shape index (κ2) is 11.6. The fourth-order valence-corrected chi connectivity index (χ4v) is 5.62. The van der Waals surface area contributed by atoms with Gasteiger partial charge in [0.25, 0.3) is 0 Å². The van der Waals surface area contributed by atoms with Gasteiger partial charge in [0.15, 0.2) is 0 Å². The fraction of sp³-hybridized carbons (Fsp3) is 0. The molecule has 0 fully saturated rings. The van der Waals surface area contributed by atoms with Gasteiger partial charge in [-0.25, -0.2) is 0 Å². The molecule has 0 saturated heterocycles. The zero-order valence-corrected chi connectivity index (χ0v) is 23.4. The molecular formula is C36H25N5S. The van der Waals surface area contributed by atoms with Crippen molar-refractivity contribution in [3.05, 3.63) is 152 Å². The molecule has 0 radical (unpaired) electrons. The number of benzene rings is 6. The van der Waals surface area contributed by atoms with Crippen molar-refractivity contribution in [3.63, 3.8) is 0 Å². The van der Waals surface area contributed by atoms with Gasteiger partial charge >= 0.3 is 0 Å². The van der Waals surface area contributed by atoms with Gasteiger partial charge in [0, 0.05) is 28.2 Å². The Morgan fingerprint density at radius 3 is 1.31 bits per heavy atom. The van der Waals surface area contributed by atoms with Crippen LogP contribution in [0.4, 0.5) is 28.4 Å². The van der Waals surface area contributed by atoms with Gasteiger partial charge in [0.2, 0.25) is 0 Å². The molecule has 0 spiro atoms. The number of hydrogen-bond donors (Lipinski definition) is 0. The van der Waals surface area contributed by atoms with Crippen molar-refractivity contribution >= 4 is 51.2 Å². The maximum atomic E-state index is 4.70. The van der Waals surface area contributed by atoms with Crippen LogP contribution in [0.15, 0.2) is 162 Å². The predicted octanol–water partition coefficient (Wildman–Crippen LogP) is 10.9. The summed E-state index contributed by atoms with van der Waals surface area (Å²) < 4.78 is 9.39. The Hall–Kier alpha value is -5.46. The third kappa shape index (κ3) is 5.19. The fourth-order valence-electron chi connectivity index (χ4n) is 5.04. The van der Waals surface area contributed by atoms with E-state index in [9.17, 15) is 0 Å². The van der Waals surface area contributed by atoms with E-state index in [1.807, 2.05) is 54.6 Å². The lowest BCUT2D eigenvalue weighted by Gasteiger charge is -2.25. The van der Waals surface area contributed by atoms with Crippen LogP contribution in [0.25, 0.3) is 33.3 Å². The average Bonchev–Trinajstić information content (AvgIpc) is 3.56. The Bertz CT molecular complexity index is 1910. The summed E-state index contributed by atoms with van der Waals surface area (Å²) in [6, 6.07) is 51.6. The molecule has 42 heavy (non-hydrogen) atoms. The molecule has 1 heterocycles. The van der Waals surface area contributed by atoms with Crippen molar-refractivity contribution < 1.29 is 0 Å². The Morgan fingerprint density at radius 2 is 0.810 bits per heavy atom. The van der Waals surface area contributed by atoms with Crippen LogP contribution in [-0.4, -0.2) is 8.75 Å². The number of para-hydroxylation sites is 2. The Balaban J connectivity index is 1.19. The van der Waals surface area contributed by atoms with E-state index < -0.39 is 0 Å². The van der Waals surface area contributed by atoms with E-state index in [1.165, 1.54) is 11.7 Å². The standard InChI is InChI=1S/C36H25N5S/c1-4-10-28(11-5-1)37-38-29-20-16-26(17-21-29)33-24-25-34(36-35(33)39-42-40-36)27-18-22-32(23-19-27)41(30-12-6-2-7-13-30)31-14-8-3-9-15-31/h1-25H. The lowest BCUT2D eigenvalue weighted by Crippen LogP contribution is -2.09. The van der Waals surface area contributed by atoms with Crippen LogP contribution >= 0.6 is 11.7 Å². The van der Waals surface area contributed by atoms with Crippen molar-refractivity contribution in [2.75, 3.05) is 4.90 Å². The molecule has 0 N–H and O–H groups in total. The third-order valence-corrected chi connectivity index (χ3v) is 7.62. The molecule has 0 unspecified atom stereocenters. The summed E-state index contributed by atoms with van der Waals surface area (Å²) in [6.07, 6.45) is 0. The van der Waals surface area contributed by atoms with Crippen LogP contribution in [-0.2, 0) is 0 Å². The molecule has 0 atom stereocenters. The first-order chi connectivity index (χ1) is 20.8. The van der Waals surface area contributed by atoms with Gasteiger partial charge in [0.1, 0.15) is 11.0 Å². The van der Waals surface area contributed by atoms with Gasteiger partial charge in [-0.05, 0) is 71.8 Å². The van der Waals surface area contributed by atoms with E-state index in [0.717, 1.165) is 61.7 Å². The molecule has 0 bridgehead atoms. The second-order valence-electron chi connectivity index (χ2n) is 9.76. The van der Waals surface area contributed by atoms with Gasteiger partial charge < -0.3 is 4.90 Å². The van der Waals surface area contributed by atoms with E-state index in [0.29, 0.717) is 0 Å². The maximum Gasteiger partial charge on any atom is 0.113 e. The largest absolute Gasteiger partial charge is 0.311 e. The second-order valence-corrected chi connectivity index (χ2v) is 10.3. The first kappa shape index (κ1) is 25.5. The topological polar surface area (TPSA) is 53.7 Å². The highest BCUT2D eigenvalue weighted by atomic mass is 32.1. The van der Waals surface area contributed by atoms with Gasteiger partial charge in [-0.3, -0.25) is 0 Å². The number of nitrogens with zero attached hydrogens (tertiary/aromatic N) is 5. The quantitative estimate of drug-likeness (QED) is 0.183. The van der Waals surface area contributed by atoms with E-state index in [4.69, 9.17) is 4.37 Å². The van der Waals surface area contributed by atoms with E-state index in [2.05, 4.69) is 117 Å². The first-order valence-electron chi connectivity index (χ1n) is 13.7. The summed E-state index contributed by atoms with van der Waals surface area (Å²) >= 11 is 1.24. The molecule has 0 aliphatic rings. The molecule has 0 saturated carbocycles. The van der Waals surface area contributed by atoms with Crippen molar-refractivity contribution in [3.8, 4) is 22.3 Å². The number of fused-ring (bicyclic) bond motifs is 1. The SMILES string of the molecule is c1ccc(N=Nc2ccc(-c3ccc(-c4ccc(N(c5ccccc5)c5ccccc5)cc4)c4nsnc34)cc2)cc1. The summed E-state index contributed by atoms with van der Waals surface area (Å²) in [6.45, 7) is 0. The molecule has 6 aromatic carbocycles. The summed E-state index contributed by atoms with van der Waals surface area (Å²) in [5.41, 5.74) is 11.0. The van der Waals surface area contributed by atoms with Crippen LogP contribution in [0.3, 0.4) is 0 Å². The van der Waals surface area contributed by atoms with Gasteiger partial charge in [-0.1, -0.05) is 91.0 Å². The van der Waals surface area contributed by atoms with Gasteiger partial charge in [-0.2, -0.15) is 19.0 Å². The maximum absolute atomic E-state index is 4.70. The number of hydrogen-bond acceptors (Lipinski definition) is 6. The van der Waals surface area contributed by atoms with Crippen LogP contribution in [0.2, 0.25) is 0 Å². The minimum absolute atomic E-state index is 0.798. The van der Waals surface area contributed by atoms with Crippen molar-refractivity contribution in [2.24, 2.45) is 10.2 Å². The summed E-state index contributed by atoms with van der Waals surface area (Å²) in [5.74, 6) is 0. The highest BCUT2D eigenvalue weighted by Crippen LogP contribution is 2.38. The zero-order chi connectivity index (χ0) is 28.1. The number of azo groups is 1. The molecular weight excluding hydrogens is 534 g/mol. The minimum Gasteiger partial charge on any atom is -0.311 e. The van der Waals surface area contributed by atoms with E-state index in [-0.39, 0.29) is 0 Å². The van der Waals surface area contributed by atoms with Crippen LogP contribution in [0, 0.1) is 0 Å². The molecule has 0 aliphatic heterocycles. The van der Waals surface area contributed by atoms with E-state index >= 15 is 0 Å². The smallest absolute Gasteiger partial charge is 0.113 e. The average molecular weight is 560 g/mol. The monoisotopic (exact) mass is 559 g/mol. The molecule has 6 heteroatoms. The molecule has 5 nitrogen and oxygen atoms in total. The van der Waals surface area contributed by atoms with E-state index in [1.54, 1.807) is 0 Å². The number of rotatable bonds is 7. The normalized spacial score (nSPS) is 11.2. The molecule has 7 rings (SSSR count). The van der Waals surface area contributed by atoms with Crippen LogP contribution in [0.1, 0.15) is 0 Å². The third-order valence-electron chi connectivity index (χ3n) is 7.10. The summed E-state index contributed by atoms with van der Waals surface area (Å²) in [7, 11) is 0. The summed E-state index contributed by atoms with van der Waals surface area (Å²) in [4.78, 5) is 2.26. The van der Waals surface area contributed by atoms with Gasteiger partial charge in [0.05, 0.1) is 23.1 Å².